The van der Waals surface area contributed by atoms with Crippen LogP contribution in [0.2, 0.25) is 0 Å². The summed E-state index contributed by atoms with van der Waals surface area (Å²) >= 11 is 0. The zero-order valence-electron chi connectivity index (χ0n) is 15.0. The van der Waals surface area contributed by atoms with E-state index in [0.717, 1.165) is 31.4 Å². The van der Waals surface area contributed by atoms with Gasteiger partial charge in [0.1, 0.15) is 11.5 Å². The van der Waals surface area contributed by atoms with Crippen LogP contribution in [0.15, 0.2) is 65.0 Å². The molecule has 0 spiro atoms. The van der Waals surface area contributed by atoms with Crippen molar-refractivity contribution in [2.45, 2.75) is 44.9 Å². The Kier molecular flexibility index (Phi) is 6.05. The lowest BCUT2D eigenvalue weighted by atomic mass is 9.85. The number of carbonyl (C=O) groups excluding carboxylic acids is 2. The van der Waals surface area contributed by atoms with Gasteiger partial charge >= 0.3 is 5.97 Å². The smallest absolute Gasteiger partial charge is 0.318 e. The predicted octanol–water partition coefficient (Wildman–Crippen LogP) is 5.27. The number of allylic oxidation sites excluding steroid dienone is 1. The number of unbranched alkanes of at least 4 members (excludes halogenated alkanes) is 2. The summed E-state index contributed by atoms with van der Waals surface area (Å²) in [6, 6.07) is 12.7. The first-order valence-electron chi connectivity index (χ1n) is 9.23. The fourth-order valence-corrected chi connectivity index (χ4v) is 3.31. The molecule has 0 radical (unpaired) electrons. The van der Waals surface area contributed by atoms with Gasteiger partial charge in [0, 0.05) is 24.3 Å². The van der Waals surface area contributed by atoms with Gasteiger partial charge in [0.05, 0.1) is 12.2 Å². The number of rotatable bonds is 9. The van der Waals surface area contributed by atoms with E-state index < -0.39 is 5.92 Å². The number of hydrogen-bond acceptors (Lipinski definition) is 4. The number of hydrogen-bond donors (Lipinski definition) is 0. The SMILES string of the molecule is CCCCCC1=CC(C(CC(=O)c2ccccc2)c2ccco2)C(=O)O1. The molecule has 1 aromatic carbocycles. The summed E-state index contributed by atoms with van der Waals surface area (Å²) < 4.78 is 11.0. The number of esters is 1. The lowest BCUT2D eigenvalue weighted by Gasteiger charge is -2.17. The second-order valence-electron chi connectivity index (χ2n) is 6.65. The average molecular weight is 352 g/mol. The van der Waals surface area contributed by atoms with Crippen LogP contribution in [0.1, 0.15) is 61.1 Å². The highest BCUT2D eigenvalue weighted by atomic mass is 16.5. The summed E-state index contributed by atoms with van der Waals surface area (Å²) in [5.41, 5.74) is 0.641. The molecule has 3 rings (SSSR count). The Labute approximate surface area is 153 Å². The molecule has 0 saturated carbocycles. The van der Waals surface area contributed by atoms with Gasteiger partial charge in [-0.05, 0) is 24.6 Å². The second-order valence-corrected chi connectivity index (χ2v) is 6.65. The maximum atomic E-state index is 12.7. The molecule has 1 aliphatic rings. The third kappa shape index (κ3) is 4.31. The maximum absolute atomic E-state index is 12.7. The number of ketones is 1. The van der Waals surface area contributed by atoms with Gasteiger partial charge in [0.25, 0.3) is 0 Å². The Morgan fingerprint density at radius 2 is 1.92 bits per heavy atom. The molecule has 0 aliphatic carbocycles. The summed E-state index contributed by atoms with van der Waals surface area (Å²) in [5, 5.41) is 0. The van der Waals surface area contributed by atoms with Gasteiger partial charge in [-0.3, -0.25) is 9.59 Å². The molecule has 2 aromatic rings. The third-order valence-electron chi connectivity index (χ3n) is 4.74. The lowest BCUT2D eigenvalue weighted by molar-refractivity contribution is -0.140. The number of Topliss-reactive ketones (excluding diaryl/α,β-unsaturated/α-hetero) is 1. The molecule has 4 nitrogen and oxygen atoms in total. The van der Waals surface area contributed by atoms with Crippen molar-refractivity contribution in [2.75, 3.05) is 0 Å². The molecule has 0 fully saturated rings. The fraction of sp³-hybridized carbons (Fsp3) is 0.364. The standard InChI is InChI=1S/C22H24O4/c1-2-3-5-11-17-14-19(22(24)26-17)18(21-12-8-13-25-21)15-20(23)16-9-6-4-7-10-16/h4,6-10,12-14,18-19H,2-3,5,11,15H2,1H3. The van der Waals surface area contributed by atoms with Gasteiger partial charge in [0.15, 0.2) is 5.78 Å². The summed E-state index contributed by atoms with van der Waals surface area (Å²) in [5.74, 6) is 0.227. The Hall–Kier alpha value is -2.62. The Morgan fingerprint density at radius 1 is 1.12 bits per heavy atom. The predicted molar refractivity (Wildman–Crippen MR) is 98.6 cm³/mol. The van der Waals surface area contributed by atoms with Crippen molar-refractivity contribution in [3.05, 3.63) is 71.9 Å². The van der Waals surface area contributed by atoms with E-state index in [1.54, 1.807) is 24.5 Å². The number of carbonyl (C=O) groups is 2. The fourth-order valence-electron chi connectivity index (χ4n) is 3.31. The van der Waals surface area contributed by atoms with E-state index in [-0.39, 0.29) is 24.1 Å². The topological polar surface area (TPSA) is 56.5 Å². The highest BCUT2D eigenvalue weighted by molar-refractivity contribution is 5.97. The van der Waals surface area contributed by atoms with Crippen LogP contribution in [0.3, 0.4) is 0 Å². The van der Waals surface area contributed by atoms with Crippen LogP contribution in [-0.4, -0.2) is 11.8 Å². The Morgan fingerprint density at radius 3 is 2.62 bits per heavy atom. The highest BCUT2D eigenvalue weighted by Crippen LogP contribution is 2.37. The molecule has 136 valence electrons. The molecule has 0 N–H and O–H groups in total. The highest BCUT2D eigenvalue weighted by Gasteiger charge is 2.37. The van der Waals surface area contributed by atoms with E-state index in [1.807, 2.05) is 30.3 Å². The number of ether oxygens (including phenoxy) is 1. The van der Waals surface area contributed by atoms with Crippen LogP contribution in [0.4, 0.5) is 0 Å². The largest absolute Gasteiger partial charge is 0.469 e. The second kappa shape index (κ2) is 8.65. The summed E-state index contributed by atoms with van der Waals surface area (Å²) in [6.45, 7) is 2.14. The van der Waals surface area contributed by atoms with E-state index >= 15 is 0 Å². The van der Waals surface area contributed by atoms with Gasteiger partial charge < -0.3 is 9.15 Å². The van der Waals surface area contributed by atoms with Gasteiger partial charge in [-0.2, -0.15) is 0 Å². The lowest BCUT2D eigenvalue weighted by Crippen LogP contribution is -2.20. The minimum atomic E-state index is -0.481. The molecule has 2 heterocycles. The summed E-state index contributed by atoms with van der Waals surface area (Å²) in [6.07, 6.45) is 7.63. The zero-order valence-corrected chi connectivity index (χ0v) is 15.0. The van der Waals surface area contributed by atoms with Crippen LogP contribution in [0.25, 0.3) is 0 Å². The molecule has 1 aromatic heterocycles. The number of benzene rings is 1. The molecule has 2 atom stereocenters. The van der Waals surface area contributed by atoms with Gasteiger partial charge in [-0.15, -0.1) is 0 Å². The van der Waals surface area contributed by atoms with Gasteiger partial charge in [-0.25, -0.2) is 0 Å². The van der Waals surface area contributed by atoms with Crippen molar-refractivity contribution in [3.63, 3.8) is 0 Å². The van der Waals surface area contributed by atoms with Crippen molar-refractivity contribution in [3.8, 4) is 0 Å². The Bertz CT molecular complexity index is 759. The quantitative estimate of drug-likeness (QED) is 0.350. The van der Waals surface area contributed by atoms with E-state index in [4.69, 9.17) is 9.15 Å². The first kappa shape index (κ1) is 18.2. The van der Waals surface area contributed by atoms with E-state index in [9.17, 15) is 9.59 Å². The van der Waals surface area contributed by atoms with Crippen molar-refractivity contribution in [2.24, 2.45) is 5.92 Å². The van der Waals surface area contributed by atoms with Crippen LogP contribution in [-0.2, 0) is 9.53 Å². The molecule has 0 saturated heterocycles. The summed E-state index contributed by atoms with van der Waals surface area (Å²) in [7, 11) is 0. The number of furan rings is 1. The van der Waals surface area contributed by atoms with Crippen LogP contribution in [0, 0.1) is 5.92 Å². The molecule has 2 unspecified atom stereocenters. The van der Waals surface area contributed by atoms with Crippen molar-refractivity contribution >= 4 is 11.8 Å². The molecular formula is C22H24O4. The van der Waals surface area contributed by atoms with Crippen molar-refractivity contribution < 1.29 is 18.7 Å². The van der Waals surface area contributed by atoms with Crippen LogP contribution < -0.4 is 0 Å². The van der Waals surface area contributed by atoms with Crippen molar-refractivity contribution in [1.29, 1.82) is 0 Å². The molecule has 4 heteroatoms. The van der Waals surface area contributed by atoms with E-state index in [1.165, 1.54) is 0 Å². The van der Waals surface area contributed by atoms with E-state index in [2.05, 4.69) is 6.92 Å². The first-order chi connectivity index (χ1) is 12.7. The minimum Gasteiger partial charge on any atom is -0.469 e. The monoisotopic (exact) mass is 352 g/mol. The summed E-state index contributed by atoms with van der Waals surface area (Å²) in [4.78, 5) is 25.1. The van der Waals surface area contributed by atoms with Crippen LogP contribution >= 0.6 is 0 Å². The average Bonchev–Trinajstić information content (AvgIpc) is 3.31. The Balaban J connectivity index is 1.78. The zero-order chi connectivity index (χ0) is 18.4. The van der Waals surface area contributed by atoms with Crippen molar-refractivity contribution in [1.82, 2.24) is 0 Å². The van der Waals surface area contributed by atoms with Crippen LogP contribution in [0.5, 0.6) is 0 Å². The first-order valence-corrected chi connectivity index (χ1v) is 9.23. The third-order valence-corrected chi connectivity index (χ3v) is 4.74. The van der Waals surface area contributed by atoms with Gasteiger partial charge in [0.2, 0.25) is 0 Å². The maximum Gasteiger partial charge on any atom is 0.318 e. The number of cyclic esters (lactones) is 1. The van der Waals surface area contributed by atoms with E-state index in [0.29, 0.717) is 11.3 Å². The van der Waals surface area contributed by atoms with Gasteiger partial charge in [-0.1, -0.05) is 50.1 Å². The minimum absolute atomic E-state index is 0.00682. The molecule has 26 heavy (non-hydrogen) atoms. The molecule has 0 bridgehead atoms. The molecule has 0 amide bonds. The molecule has 1 aliphatic heterocycles. The molecular weight excluding hydrogens is 328 g/mol. The normalized spacial score (nSPS) is 17.7.